The molecule has 0 spiro atoms. The maximum absolute atomic E-state index is 13.7. The van der Waals surface area contributed by atoms with Crippen molar-refractivity contribution in [3.8, 4) is 17.2 Å². The monoisotopic (exact) mass is 678 g/mol. The molecule has 2 amide bonds. The van der Waals surface area contributed by atoms with Gasteiger partial charge in [-0.15, -0.1) is 10.2 Å². The van der Waals surface area contributed by atoms with Crippen molar-refractivity contribution in [2.75, 3.05) is 27.1 Å². The molecule has 1 atom stereocenters. The average Bonchev–Trinajstić information content (AvgIpc) is 3.66. The second kappa shape index (κ2) is 14.0. The van der Waals surface area contributed by atoms with Gasteiger partial charge in [0.25, 0.3) is 11.8 Å². The number of nitrogens with zero attached hydrogens (tertiary/aromatic N) is 5. The third kappa shape index (κ3) is 6.73. The molecular formula is C31H31BrN6O5S. The third-order valence-corrected chi connectivity index (χ3v) is 8.66. The van der Waals surface area contributed by atoms with Crippen LogP contribution in [0, 0.1) is 0 Å². The third-order valence-electron chi connectivity index (χ3n) is 7.12. The Morgan fingerprint density at radius 2 is 1.77 bits per heavy atom. The Bertz CT molecular complexity index is 1690. The van der Waals surface area contributed by atoms with Crippen LogP contribution in [0.2, 0.25) is 0 Å². The van der Waals surface area contributed by atoms with E-state index in [2.05, 4.69) is 31.4 Å². The van der Waals surface area contributed by atoms with Crippen molar-refractivity contribution >= 4 is 45.2 Å². The summed E-state index contributed by atoms with van der Waals surface area (Å²) >= 11 is 4.73. The van der Waals surface area contributed by atoms with E-state index in [1.807, 2.05) is 42.5 Å². The van der Waals surface area contributed by atoms with Crippen LogP contribution >= 0.6 is 27.7 Å². The molecule has 11 nitrogen and oxygen atoms in total. The van der Waals surface area contributed by atoms with E-state index in [0.29, 0.717) is 40.2 Å². The van der Waals surface area contributed by atoms with E-state index in [1.54, 1.807) is 57.2 Å². The van der Waals surface area contributed by atoms with E-state index >= 15 is 0 Å². The highest BCUT2D eigenvalue weighted by Gasteiger charge is 2.35. The van der Waals surface area contributed by atoms with Gasteiger partial charge in [0.2, 0.25) is 0 Å². The molecule has 3 aromatic carbocycles. The second-order valence-electron chi connectivity index (χ2n) is 9.76. The molecule has 0 unspecified atom stereocenters. The van der Waals surface area contributed by atoms with Crippen molar-refractivity contribution in [3.63, 3.8) is 0 Å². The number of carbonyl (C=O) groups is 2. The number of methoxy groups -OCH3 is 3. The highest BCUT2D eigenvalue weighted by atomic mass is 79.9. The number of hydrogen-bond donors (Lipinski definition) is 1. The summed E-state index contributed by atoms with van der Waals surface area (Å²) in [5.74, 6) is 1.89. The molecule has 0 aliphatic carbocycles. The van der Waals surface area contributed by atoms with Crippen LogP contribution in [-0.4, -0.2) is 64.4 Å². The van der Waals surface area contributed by atoms with Crippen molar-refractivity contribution in [2.24, 2.45) is 12.1 Å². The number of rotatable bonds is 11. The quantitative estimate of drug-likeness (QED) is 0.220. The maximum atomic E-state index is 13.7. The number of hydrogen-bond acceptors (Lipinski definition) is 9. The van der Waals surface area contributed by atoms with Gasteiger partial charge in [-0.05, 0) is 42.0 Å². The Morgan fingerprint density at radius 1 is 1.00 bits per heavy atom. The molecule has 13 heteroatoms. The zero-order valence-corrected chi connectivity index (χ0v) is 27.0. The predicted molar refractivity (Wildman–Crippen MR) is 170 cm³/mol. The Kier molecular flexibility index (Phi) is 9.85. The minimum atomic E-state index is -0.395. The number of hydrazone groups is 1. The Labute approximate surface area is 267 Å². The number of carbonyl (C=O) groups excluding carboxylic acids is 2. The Hall–Kier alpha value is -4.36. The number of halogens is 1. The number of thioether (sulfide) groups is 1. The van der Waals surface area contributed by atoms with Crippen LogP contribution in [-0.2, 0) is 18.4 Å². The van der Waals surface area contributed by atoms with Crippen LogP contribution in [0.5, 0.6) is 17.2 Å². The molecule has 1 N–H and O–H groups in total. The number of benzene rings is 3. The van der Waals surface area contributed by atoms with Gasteiger partial charge in [-0.1, -0.05) is 58.0 Å². The zero-order valence-electron chi connectivity index (χ0n) is 24.6. The molecule has 0 saturated heterocycles. The van der Waals surface area contributed by atoms with Crippen LogP contribution < -0.4 is 19.5 Å². The molecule has 5 rings (SSSR count). The number of aromatic nitrogens is 3. The fourth-order valence-electron chi connectivity index (χ4n) is 4.82. The van der Waals surface area contributed by atoms with Gasteiger partial charge in [0, 0.05) is 29.1 Å². The summed E-state index contributed by atoms with van der Waals surface area (Å²) in [4.78, 5) is 26.4. The van der Waals surface area contributed by atoms with Crippen molar-refractivity contribution in [3.05, 3.63) is 93.7 Å². The first-order chi connectivity index (χ1) is 21.3. The van der Waals surface area contributed by atoms with E-state index in [0.717, 1.165) is 21.3 Å². The summed E-state index contributed by atoms with van der Waals surface area (Å²) < 4.78 is 19.1. The second-order valence-corrected chi connectivity index (χ2v) is 11.6. The molecule has 0 bridgehead atoms. The standard InChI is InChI=1S/C31H31BrN6O5S/c1-37-27(17-33-30(40)20-7-5-8-22(15-20)41-2)34-35-31(37)44-18-28(39)38-25(23-9-6-10-26(42-3)29(23)43-4)16-24(36-38)19-11-13-21(32)14-12-19/h5-15,25H,16-18H2,1-4H3,(H,33,40)/t25-/m1/s1. The molecule has 1 aromatic heterocycles. The number of amides is 2. The summed E-state index contributed by atoms with van der Waals surface area (Å²) in [5, 5.41) is 18.2. The van der Waals surface area contributed by atoms with Gasteiger partial charge in [-0.25, -0.2) is 5.01 Å². The maximum Gasteiger partial charge on any atom is 0.253 e. The van der Waals surface area contributed by atoms with Crippen molar-refractivity contribution in [2.45, 2.75) is 24.2 Å². The lowest BCUT2D eigenvalue weighted by Crippen LogP contribution is -2.29. The largest absolute Gasteiger partial charge is 0.497 e. The number of ether oxygens (including phenoxy) is 3. The highest BCUT2D eigenvalue weighted by Crippen LogP contribution is 2.42. The van der Waals surface area contributed by atoms with Gasteiger partial charge in [0.15, 0.2) is 22.5 Å². The summed E-state index contributed by atoms with van der Waals surface area (Å²) in [6.07, 6.45) is 0.503. The van der Waals surface area contributed by atoms with Crippen LogP contribution in [0.25, 0.3) is 0 Å². The predicted octanol–water partition coefficient (Wildman–Crippen LogP) is 5.00. The van der Waals surface area contributed by atoms with Gasteiger partial charge in [0.1, 0.15) is 5.75 Å². The van der Waals surface area contributed by atoms with Gasteiger partial charge in [0.05, 0.1) is 45.4 Å². The lowest BCUT2D eigenvalue weighted by atomic mass is 9.97. The summed E-state index contributed by atoms with van der Waals surface area (Å²) in [6, 6.07) is 20.0. The van der Waals surface area contributed by atoms with E-state index in [9.17, 15) is 9.59 Å². The van der Waals surface area contributed by atoms with Crippen LogP contribution in [0.15, 0.2) is 81.5 Å². The molecule has 228 valence electrons. The topological polar surface area (TPSA) is 120 Å². The summed E-state index contributed by atoms with van der Waals surface area (Å²) in [6.45, 7) is 0.165. The Morgan fingerprint density at radius 3 is 2.50 bits per heavy atom. The SMILES string of the molecule is COc1cccc(C(=O)NCc2nnc(SCC(=O)N3N=C(c4ccc(Br)cc4)C[C@@H]3c3cccc(OC)c3OC)n2C)c1. The zero-order chi connectivity index (χ0) is 31.2. The van der Waals surface area contributed by atoms with Crippen molar-refractivity contribution in [1.82, 2.24) is 25.1 Å². The Balaban J connectivity index is 1.31. The summed E-state index contributed by atoms with van der Waals surface area (Å²) in [7, 11) is 6.51. The molecular weight excluding hydrogens is 648 g/mol. The lowest BCUT2D eigenvalue weighted by Gasteiger charge is -2.24. The van der Waals surface area contributed by atoms with E-state index in [4.69, 9.17) is 19.3 Å². The van der Waals surface area contributed by atoms with Gasteiger partial charge in [-0.3, -0.25) is 9.59 Å². The first kappa shape index (κ1) is 31.1. The molecule has 2 heterocycles. The minimum absolute atomic E-state index is 0.0715. The van der Waals surface area contributed by atoms with Gasteiger partial charge >= 0.3 is 0 Å². The first-order valence-electron chi connectivity index (χ1n) is 13.6. The molecule has 1 aliphatic rings. The smallest absolute Gasteiger partial charge is 0.253 e. The van der Waals surface area contributed by atoms with Crippen LogP contribution in [0.1, 0.15) is 39.8 Å². The first-order valence-corrected chi connectivity index (χ1v) is 15.4. The number of nitrogens with one attached hydrogen (secondary N) is 1. The van der Waals surface area contributed by atoms with E-state index < -0.39 is 6.04 Å². The minimum Gasteiger partial charge on any atom is -0.497 e. The normalized spacial score (nSPS) is 14.2. The van der Waals surface area contributed by atoms with Crippen molar-refractivity contribution < 1.29 is 23.8 Å². The van der Waals surface area contributed by atoms with E-state index in [1.165, 1.54) is 16.8 Å². The molecule has 4 aromatic rings. The van der Waals surface area contributed by atoms with Gasteiger partial charge in [-0.2, -0.15) is 5.10 Å². The summed E-state index contributed by atoms with van der Waals surface area (Å²) in [5.41, 5.74) is 2.99. The molecule has 0 fully saturated rings. The van der Waals surface area contributed by atoms with Crippen molar-refractivity contribution in [1.29, 1.82) is 0 Å². The number of para-hydroxylation sites is 1. The van der Waals surface area contributed by atoms with Crippen LogP contribution in [0.4, 0.5) is 0 Å². The molecule has 0 radical (unpaired) electrons. The lowest BCUT2D eigenvalue weighted by molar-refractivity contribution is -0.130. The molecule has 1 aliphatic heterocycles. The van der Waals surface area contributed by atoms with E-state index in [-0.39, 0.29) is 24.1 Å². The molecule has 44 heavy (non-hydrogen) atoms. The highest BCUT2D eigenvalue weighted by molar-refractivity contribution is 9.10. The average molecular weight is 680 g/mol. The van der Waals surface area contributed by atoms with Crippen LogP contribution in [0.3, 0.4) is 0 Å². The molecule has 0 saturated carbocycles. The fourth-order valence-corrected chi connectivity index (χ4v) is 5.86. The van der Waals surface area contributed by atoms with Gasteiger partial charge < -0.3 is 24.1 Å². The fraction of sp³-hybridized carbons (Fsp3) is 0.258.